The molecule has 1 unspecified atom stereocenters. The van der Waals surface area contributed by atoms with Gasteiger partial charge in [-0.25, -0.2) is 18.7 Å². The Hall–Kier alpha value is -3.47. The SMILES string of the molecule is CCC(O)c1cc(C)c(Nc2nn(C)cc2-c2cc(NC(=O)[C@H]3CC3(F)F)ncn2)cn1. The van der Waals surface area contributed by atoms with E-state index in [0.29, 0.717) is 34.9 Å². The molecule has 3 aromatic rings. The lowest BCUT2D eigenvalue weighted by molar-refractivity contribution is -0.119. The maximum absolute atomic E-state index is 13.1. The van der Waals surface area contributed by atoms with Crippen molar-refractivity contribution >= 4 is 23.2 Å². The van der Waals surface area contributed by atoms with Crippen LogP contribution in [0.3, 0.4) is 0 Å². The number of anilines is 3. The van der Waals surface area contributed by atoms with Gasteiger partial charge in [0, 0.05) is 25.7 Å². The third-order valence-electron chi connectivity index (χ3n) is 5.28. The van der Waals surface area contributed by atoms with E-state index in [-0.39, 0.29) is 5.82 Å². The van der Waals surface area contributed by atoms with Crippen molar-refractivity contribution in [3.8, 4) is 11.3 Å². The van der Waals surface area contributed by atoms with Crippen LogP contribution < -0.4 is 10.6 Å². The third-order valence-corrected chi connectivity index (χ3v) is 5.28. The molecule has 0 aliphatic heterocycles. The number of nitrogens with zero attached hydrogens (tertiary/aromatic N) is 5. The number of aromatic nitrogens is 5. The highest BCUT2D eigenvalue weighted by atomic mass is 19.3. The maximum Gasteiger partial charge on any atom is 0.260 e. The number of alkyl halides is 2. The van der Waals surface area contributed by atoms with Gasteiger partial charge in [0.15, 0.2) is 5.82 Å². The van der Waals surface area contributed by atoms with E-state index in [1.807, 2.05) is 19.9 Å². The normalized spacial score (nSPS) is 17.6. The fourth-order valence-corrected chi connectivity index (χ4v) is 3.28. The number of hydrogen-bond donors (Lipinski definition) is 3. The first kappa shape index (κ1) is 21.8. The summed E-state index contributed by atoms with van der Waals surface area (Å²) in [6.07, 6.45) is 4.11. The van der Waals surface area contributed by atoms with Crippen LogP contribution in [0.25, 0.3) is 11.3 Å². The van der Waals surface area contributed by atoms with Gasteiger partial charge >= 0.3 is 0 Å². The van der Waals surface area contributed by atoms with Gasteiger partial charge in [-0.3, -0.25) is 14.5 Å². The fraction of sp³-hybridized carbons (Fsp3) is 0.381. The Morgan fingerprint density at radius 2 is 2.09 bits per heavy atom. The summed E-state index contributed by atoms with van der Waals surface area (Å²) in [7, 11) is 1.75. The van der Waals surface area contributed by atoms with Gasteiger partial charge in [-0.1, -0.05) is 6.92 Å². The predicted molar refractivity (Wildman–Crippen MR) is 113 cm³/mol. The molecule has 0 aromatic carbocycles. The molecule has 1 aliphatic carbocycles. The van der Waals surface area contributed by atoms with E-state index in [2.05, 4.69) is 30.7 Å². The van der Waals surface area contributed by atoms with Crippen molar-refractivity contribution in [3.63, 3.8) is 0 Å². The van der Waals surface area contributed by atoms with E-state index in [0.717, 1.165) is 5.56 Å². The Morgan fingerprint density at radius 1 is 1.34 bits per heavy atom. The van der Waals surface area contributed by atoms with Gasteiger partial charge in [0.1, 0.15) is 18.1 Å². The summed E-state index contributed by atoms with van der Waals surface area (Å²) >= 11 is 0. The minimum atomic E-state index is -2.95. The first-order chi connectivity index (χ1) is 15.2. The van der Waals surface area contributed by atoms with E-state index >= 15 is 0 Å². The largest absolute Gasteiger partial charge is 0.387 e. The number of aliphatic hydroxyl groups excluding tert-OH is 1. The minimum Gasteiger partial charge on any atom is -0.387 e. The van der Waals surface area contributed by atoms with Crippen molar-refractivity contribution in [1.29, 1.82) is 0 Å². The number of aliphatic hydroxyl groups is 1. The van der Waals surface area contributed by atoms with Gasteiger partial charge in [0.05, 0.1) is 34.9 Å². The van der Waals surface area contributed by atoms with Crippen LogP contribution in [0.1, 0.15) is 37.1 Å². The van der Waals surface area contributed by atoms with Crippen LogP contribution in [-0.2, 0) is 11.8 Å². The van der Waals surface area contributed by atoms with Crippen LogP contribution in [0.2, 0.25) is 0 Å². The van der Waals surface area contributed by atoms with Gasteiger partial charge in [0.25, 0.3) is 5.92 Å². The summed E-state index contributed by atoms with van der Waals surface area (Å²) in [5, 5.41) is 20.1. The van der Waals surface area contributed by atoms with Gasteiger partial charge in [-0.15, -0.1) is 0 Å². The van der Waals surface area contributed by atoms with Crippen LogP contribution in [0.5, 0.6) is 0 Å². The number of nitrogens with one attached hydrogen (secondary N) is 2. The van der Waals surface area contributed by atoms with Crippen molar-refractivity contribution in [2.24, 2.45) is 13.0 Å². The van der Waals surface area contributed by atoms with Crippen LogP contribution in [-0.4, -0.2) is 41.7 Å². The second kappa shape index (κ2) is 8.23. The molecule has 3 N–H and O–H groups in total. The number of amides is 1. The molecule has 2 atom stereocenters. The van der Waals surface area contributed by atoms with Gasteiger partial charge in [-0.05, 0) is 25.0 Å². The number of halogens is 2. The molecular weight excluding hydrogens is 420 g/mol. The number of carbonyl (C=O) groups excluding carboxylic acids is 1. The quantitative estimate of drug-likeness (QED) is 0.512. The molecule has 32 heavy (non-hydrogen) atoms. The highest BCUT2D eigenvalue weighted by Gasteiger charge is 2.61. The molecule has 3 aromatic heterocycles. The van der Waals surface area contributed by atoms with Crippen molar-refractivity contribution in [3.05, 3.63) is 42.1 Å². The van der Waals surface area contributed by atoms with E-state index < -0.39 is 30.3 Å². The number of hydrogen-bond acceptors (Lipinski definition) is 7. The number of carbonyl (C=O) groups is 1. The zero-order valence-electron chi connectivity index (χ0n) is 17.8. The Morgan fingerprint density at radius 3 is 2.75 bits per heavy atom. The molecule has 168 valence electrons. The average Bonchev–Trinajstić information content (AvgIpc) is 3.24. The lowest BCUT2D eigenvalue weighted by atomic mass is 10.1. The highest BCUT2D eigenvalue weighted by molar-refractivity contribution is 5.95. The zero-order chi connectivity index (χ0) is 23.0. The highest BCUT2D eigenvalue weighted by Crippen LogP contribution is 2.49. The fourth-order valence-electron chi connectivity index (χ4n) is 3.28. The summed E-state index contributed by atoms with van der Waals surface area (Å²) in [5.74, 6) is -4.41. The summed E-state index contributed by atoms with van der Waals surface area (Å²) in [5.41, 5.74) is 3.25. The molecule has 9 nitrogen and oxygen atoms in total. The smallest absolute Gasteiger partial charge is 0.260 e. The summed E-state index contributed by atoms with van der Waals surface area (Å²) < 4.78 is 27.9. The van der Waals surface area contributed by atoms with E-state index in [9.17, 15) is 18.7 Å². The topological polar surface area (TPSA) is 118 Å². The molecule has 0 radical (unpaired) electrons. The molecular formula is C21H23F2N7O2. The van der Waals surface area contributed by atoms with Crippen LogP contribution >= 0.6 is 0 Å². The van der Waals surface area contributed by atoms with Crippen molar-refractivity contribution < 1.29 is 18.7 Å². The molecule has 0 spiro atoms. The lowest BCUT2D eigenvalue weighted by Gasteiger charge is -2.12. The standard InChI is InChI=1S/C21H23F2N7O2/c1-4-17(31)15-5-11(2)16(8-24-15)27-19-12(9-30(3)29-19)14-6-18(26-10-25-14)28-20(32)13-7-21(13,22)23/h5-6,8-10,13,17,31H,4,7H2,1-3H3,(H,27,29)(H,25,26,28,32)/t13-,17?/m1/s1. The zero-order valence-corrected chi connectivity index (χ0v) is 17.8. The summed E-state index contributed by atoms with van der Waals surface area (Å²) in [6, 6.07) is 3.32. The van der Waals surface area contributed by atoms with Crippen LogP contribution in [0, 0.1) is 12.8 Å². The van der Waals surface area contributed by atoms with Crippen LogP contribution in [0.15, 0.2) is 30.9 Å². The third kappa shape index (κ3) is 4.42. The van der Waals surface area contributed by atoms with E-state index in [1.54, 1.807) is 24.1 Å². The number of rotatable bonds is 7. The second-order valence-corrected chi connectivity index (χ2v) is 7.83. The minimum absolute atomic E-state index is 0.133. The van der Waals surface area contributed by atoms with Gasteiger partial charge < -0.3 is 15.7 Å². The Balaban J connectivity index is 1.57. The average molecular weight is 443 g/mol. The molecule has 0 bridgehead atoms. The number of pyridine rings is 1. The molecule has 3 heterocycles. The van der Waals surface area contributed by atoms with E-state index in [4.69, 9.17) is 0 Å². The Kier molecular flexibility index (Phi) is 5.59. The first-order valence-electron chi connectivity index (χ1n) is 10.1. The molecule has 4 rings (SSSR count). The lowest BCUT2D eigenvalue weighted by Crippen LogP contribution is -2.18. The second-order valence-electron chi connectivity index (χ2n) is 7.83. The van der Waals surface area contributed by atoms with Crippen molar-refractivity contribution in [2.45, 2.75) is 38.7 Å². The monoisotopic (exact) mass is 443 g/mol. The van der Waals surface area contributed by atoms with Gasteiger partial charge in [-0.2, -0.15) is 5.10 Å². The molecule has 1 saturated carbocycles. The Bertz CT molecular complexity index is 1160. The predicted octanol–water partition coefficient (Wildman–Crippen LogP) is 3.36. The van der Waals surface area contributed by atoms with Crippen molar-refractivity contribution in [2.75, 3.05) is 10.6 Å². The molecule has 11 heteroatoms. The molecule has 1 aliphatic rings. The first-order valence-corrected chi connectivity index (χ1v) is 10.1. The van der Waals surface area contributed by atoms with E-state index in [1.165, 1.54) is 12.4 Å². The number of aryl methyl sites for hydroxylation is 2. The Labute approximate surface area is 182 Å². The summed E-state index contributed by atoms with van der Waals surface area (Å²) in [6.45, 7) is 3.77. The van der Waals surface area contributed by atoms with Gasteiger partial charge in [0.2, 0.25) is 5.91 Å². The molecule has 1 amide bonds. The van der Waals surface area contributed by atoms with Crippen LogP contribution in [0.4, 0.5) is 26.1 Å². The molecule has 1 fully saturated rings. The summed E-state index contributed by atoms with van der Waals surface area (Å²) in [4.78, 5) is 24.5. The maximum atomic E-state index is 13.1. The van der Waals surface area contributed by atoms with Crippen molar-refractivity contribution in [1.82, 2.24) is 24.7 Å². The molecule has 0 saturated heterocycles.